The number of carbonyl (C=O) groups excluding carboxylic acids is 1. The lowest BCUT2D eigenvalue weighted by molar-refractivity contribution is -0.118. The second-order valence-corrected chi connectivity index (χ2v) is 6.15. The number of benzene rings is 1. The standard InChI is InChI=1S/C16H23N3O2/c1-11(12-4-3-7-19(2)9-12)17-13-5-6-15-14(8-13)18-16(20)10-21-15/h5-6,8,11-12,17H,3-4,7,9-10H2,1-2H3,(H,18,20). The first-order chi connectivity index (χ1) is 10.1. The van der Waals surface area contributed by atoms with Gasteiger partial charge in [-0.3, -0.25) is 4.79 Å². The predicted octanol–water partition coefficient (Wildman–Crippen LogP) is 2.16. The quantitative estimate of drug-likeness (QED) is 0.895. The molecule has 1 aromatic carbocycles. The number of piperidine rings is 1. The number of anilines is 2. The molecule has 1 amide bonds. The van der Waals surface area contributed by atoms with Gasteiger partial charge in [-0.25, -0.2) is 0 Å². The molecule has 5 heteroatoms. The monoisotopic (exact) mass is 289 g/mol. The fourth-order valence-corrected chi connectivity index (χ4v) is 3.17. The number of ether oxygens (including phenoxy) is 1. The van der Waals surface area contributed by atoms with E-state index in [1.165, 1.54) is 19.4 Å². The van der Waals surface area contributed by atoms with Crippen molar-refractivity contribution in [3.63, 3.8) is 0 Å². The van der Waals surface area contributed by atoms with Crippen LogP contribution in [0.3, 0.4) is 0 Å². The Hall–Kier alpha value is -1.75. The lowest BCUT2D eigenvalue weighted by Gasteiger charge is -2.34. The van der Waals surface area contributed by atoms with Crippen molar-refractivity contribution >= 4 is 17.3 Å². The van der Waals surface area contributed by atoms with Gasteiger partial charge in [0.2, 0.25) is 0 Å². The Kier molecular flexibility index (Phi) is 4.01. The summed E-state index contributed by atoms with van der Waals surface area (Å²) < 4.78 is 5.38. The lowest BCUT2D eigenvalue weighted by Crippen LogP contribution is -2.39. The molecular formula is C16H23N3O2. The number of amides is 1. The van der Waals surface area contributed by atoms with Crippen molar-refractivity contribution in [2.75, 3.05) is 37.4 Å². The first-order valence-electron chi connectivity index (χ1n) is 7.63. The van der Waals surface area contributed by atoms with Crippen molar-refractivity contribution < 1.29 is 9.53 Å². The number of nitrogens with zero attached hydrogens (tertiary/aromatic N) is 1. The average Bonchev–Trinajstić information content (AvgIpc) is 2.46. The van der Waals surface area contributed by atoms with Crippen LogP contribution in [0.15, 0.2) is 18.2 Å². The van der Waals surface area contributed by atoms with Crippen LogP contribution in [-0.2, 0) is 4.79 Å². The SMILES string of the molecule is CC(Nc1ccc2c(c1)NC(=O)CO2)C1CCCN(C)C1. The number of carbonyl (C=O) groups is 1. The summed E-state index contributed by atoms with van der Waals surface area (Å²) >= 11 is 0. The molecule has 0 saturated carbocycles. The number of hydrogen-bond donors (Lipinski definition) is 2. The second kappa shape index (κ2) is 5.93. The van der Waals surface area contributed by atoms with Gasteiger partial charge in [-0.05, 0) is 57.5 Å². The predicted molar refractivity (Wildman–Crippen MR) is 83.9 cm³/mol. The molecular weight excluding hydrogens is 266 g/mol. The van der Waals surface area contributed by atoms with Crippen LogP contribution in [0.5, 0.6) is 5.75 Å². The zero-order chi connectivity index (χ0) is 14.8. The third-order valence-corrected chi connectivity index (χ3v) is 4.37. The molecule has 1 saturated heterocycles. The largest absolute Gasteiger partial charge is 0.482 e. The molecule has 0 aliphatic carbocycles. The van der Waals surface area contributed by atoms with Crippen molar-refractivity contribution in [1.29, 1.82) is 0 Å². The summed E-state index contributed by atoms with van der Waals surface area (Å²) in [5.74, 6) is 1.30. The Labute approximate surface area is 125 Å². The molecule has 2 atom stereocenters. The maximum atomic E-state index is 11.4. The minimum atomic E-state index is -0.0957. The van der Waals surface area contributed by atoms with Gasteiger partial charge in [0.05, 0.1) is 5.69 Å². The Morgan fingerprint density at radius 2 is 2.33 bits per heavy atom. The van der Waals surface area contributed by atoms with Crippen molar-refractivity contribution in [3.8, 4) is 5.75 Å². The van der Waals surface area contributed by atoms with Crippen LogP contribution in [0.4, 0.5) is 11.4 Å². The fraction of sp³-hybridized carbons (Fsp3) is 0.562. The molecule has 2 aliphatic heterocycles. The summed E-state index contributed by atoms with van der Waals surface area (Å²) in [5, 5.41) is 6.41. The summed E-state index contributed by atoms with van der Waals surface area (Å²) in [4.78, 5) is 13.8. The first kappa shape index (κ1) is 14.2. The molecule has 2 unspecified atom stereocenters. The third-order valence-electron chi connectivity index (χ3n) is 4.37. The molecule has 21 heavy (non-hydrogen) atoms. The molecule has 2 N–H and O–H groups in total. The molecule has 2 heterocycles. The normalized spacial score (nSPS) is 23.7. The zero-order valence-electron chi connectivity index (χ0n) is 12.7. The molecule has 0 aromatic heterocycles. The van der Waals surface area contributed by atoms with Gasteiger partial charge in [-0.1, -0.05) is 0 Å². The van der Waals surface area contributed by atoms with E-state index in [4.69, 9.17) is 4.74 Å². The number of rotatable bonds is 3. The van der Waals surface area contributed by atoms with Gasteiger partial charge >= 0.3 is 0 Å². The van der Waals surface area contributed by atoms with E-state index >= 15 is 0 Å². The van der Waals surface area contributed by atoms with E-state index in [2.05, 4.69) is 29.5 Å². The van der Waals surface area contributed by atoms with Gasteiger partial charge in [-0.15, -0.1) is 0 Å². The van der Waals surface area contributed by atoms with E-state index in [1.807, 2.05) is 18.2 Å². The van der Waals surface area contributed by atoms with Crippen LogP contribution in [-0.4, -0.2) is 43.6 Å². The summed E-state index contributed by atoms with van der Waals surface area (Å²) in [6, 6.07) is 6.29. The minimum absolute atomic E-state index is 0.0957. The number of hydrogen-bond acceptors (Lipinski definition) is 4. The lowest BCUT2D eigenvalue weighted by atomic mass is 9.91. The highest BCUT2D eigenvalue weighted by molar-refractivity contribution is 5.96. The summed E-state index contributed by atoms with van der Waals surface area (Å²) in [6.45, 7) is 4.67. The molecule has 0 radical (unpaired) electrons. The summed E-state index contributed by atoms with van der Waals surface area (Å²) in [7, 11) is 2.19. The van der Waals surface area contributed by atoms with Crippen molar-refractivity contribution in [3.05, 3.63) is 18.2 Å². The van der Waals surface area contributed by atoms with Gasteiger partial charge in [0.15, 0.2) is 6.61 Å². The minimum Gasteiger partial charge on any atom is -0.482 e. The van der Waals surface area contributed by atoms with Gasteiger partial charge in [-0.2, -0.15) is 0 Å². The molecule has 0 spiro atoms. The van der Waals surface area contributed by atoms with E-state index in [9.17, 15) is 4.79 Å². The van der Waals surface area contributed by atoms with Crippen LogP contribution in [0.1, 0.15) is 19.8 Å². The van der Waals surface area contributed by atoms with Gasteiger partial charge in [0.1, 0.15) is 5.75 Å². The maximum absolute atomic E-state index is 11.4. The number of nitrogens with one attached hydrogen (secondary N) is 2. The van der Waals surface area contributed by atoms with E-state index in [0.717, 1.165) is 23.7 Å². The molecule has 0 bridgehead atoms. The average molecular weight is 289 g/mol. The van der Waals surface area contributed by atoms with Crippen molar-refractivity contribution in [2.24, 2.45) is 5.92 Å². The Bertz CT molecular complexity index is 532. The molecule has 2 aliphatic rings. The van der Waals surface area contributed by atoms with Crippen LogP contribution < -0.4 is 15.4 Å². The second-order valence-electron chi connectivity index (χ2n) is 6.15. The first-order valence-corrected chi connectivity index (χ1v) is 7.63. The highest BCUT2D eigenvalue weighted by Gasteiger charge is 2.23. The number of fused-ring (bicyclic) bond motifs is 1. The van der Waals surface area contributed by atoms with Crippen LogP contribution in [0.2, 0.25) is 0 Å². The Morgan fingerprint density at radius 3 is 3.14 bits per heavy atom. The molecule has 5 nitrogen and oxygen atoms in total. The topological polar surface area (TPSA) is 53.6 Å². The molecule has 114 valence electrons. The van der Waals surface area contributed by atoms with Crippen molar-refractivity contribution in [2.45, 2.75) is 25.8 Å². The number of likely N-dealkylation sites (tertiary alicyclic amines) is 1. The Balaban J connectivity index is 1.67. The van der Waals surface area contributed by atoms with Crippen molar-refractivity contribution in [1.82, 2.24) is 4.90 Å². The van der Waals surface area contributed by atoms with E-state index < -0.39 is 0 Å². The Morgan fingerprint density at radius 1 is 1.48 bits per heavy atom. The smallest absolute Gasteiger partial charge is 0.262 e. The van der Waals surface area contributed by atoms with Gasteiger partial charge < -0.3 is 20.3 Å². The highest BCUT2D eigenvalue weighted by Crippen LogP contribution is 2.31. The van der Waals surface area contributed by atoms with Crippen LogP contribution in [0, 0.1) is 5.92 Å². The summed E-state index contributed by atoms with van der Waals surface area (Å²) in [6.07, 6.45) is 2.53. The fourth-order valence-electron chi connectivity index (χ4n) is 3.17. The van der Waals surface area contributed by atoms with Gasteiger partial charge in [0.25, 0.3) is 5.91 Å². The van der Waals surface area contributed by atoms with E-state index in [-0.39, 0.29) is 12.5 Å². The zero-order valence-corrected chi connectivity index (χ0v) is 12.7. The van der Waals surface area contributed by atoms with E-state index in [0.29, 0.717) is 12.0 Å². The maximum Gasteiger partial charge on any atom is 0.262 e. The van der Waals surface area contributed by atoms with Crippen LogP contribution in [0.25, 0.3) is 0 Å². The van der Waals surface area contributed by atoms with Crippen LogP contribution >= 0.6 is 0 Å². The molecule has 1 fully saturated rings. The van der Waals surface area contributed by atoms with Gasteiger partial charge in [0, 0.05) is 18.3 Å². The highest BCUT2D eigenvalue weighted by atomic mass is 16.5. The third kappa shape index (κ3) is 3.29. The van der Waals surface area contributed by atoms with E-state index in [1.54, 1.807) is 0 Å². The molecule has 1 aromatic rings. The molecule has 3 rings (SSSR count). The summed E-state index contributed by atoms with van der Waals surface area (Å²) in [5.41, 5.74) is 1.78.